The van der Waals surface area contributed by atoms with Crippen LogP contribution in [0.2, 0.25) is 0 Å². The number of nitrogens with one attached hydrogen (secondary N) is 1. The van der Waals surface area contributed by atoms with Crippen LogP contribution >= 0.6 is 0 Å². The molecule has 2 aromatic rings. The monoisotopic (exact) mass is 342 g/mol. The first-order valence-electron chi connectivity index (χ1n) is 8.65. The third-order valence-electron chi connectivity index (χ3n) is 5.09. The molecule has 1 amide bonds. The molecule has 2 saturated heterocycles. The van der Waals surface area contributed by atoms with Crippen molar-refractivity contribution in [3.8, 4) is 0 Å². The normalized spacial score (nSPS) is 21.3. The number of aryl methyl sites for hydroxylation is 1. The molecule has 132 valence electrons. The van der Waals surface area contributed by atoms with Crippen LogP contribution in [0.1, 0.15) is 29.0 Å². The summed E-state index contributed by atoms with van der Waals surface area (Å²) in [6, 6.07) is 3.43. The van der Waals surface area contributed by atoms with E-state index in [4.69, 9.17) is 9.15 Å². The average molecular weight is 342 g/mol. The highest BCUT2D eigenvalue weighted by Gasteiger charge is 2.54. The van der Waals surface area contributed by atoms with Gasteiger partial charge in [-0.1, -0.05) is 0 Å². The first-order valence-corrected chi connectivity index (χ1v) is 8.65. The Morgan fingerprint density at radius 3 is 2.92 bits per heavy atom. The number of anilines is 1. The third-order valence-corrected chi connectivity index (χ3v) is 5.09. The van der Waals surface area contributed by atoms with Gasteiger partial charge in [-0.2, -0.15) is 0 Å². The Hall–Kier alpha value is -2.41. The molecule has 7 nitrogen and oxygen atoms in total. The van der Waals surface area contributed by atoms with E-state index in [1.54, 1.807) is 29.4 Å². The molecule has 25 heavy (non-hydrogen) atoms. The van der Waals surface area contributed by atoms with Crippen LogP contribution < -0.4 is 5.32 Å². The van der Waals surface area contributed by atoms with Gasteiger partial charge < -0.3 is 19.4 Å². The van der Waals surface area contributed by atoms with Crippen molar-refractivity contribution in [3.05, 3.63) is 42.1 Å². The number of hydrogen-bond donors (Lipinski definition) is 1. The van der Waals surface area contributed by atoms with Crippen LogP contribution in [0, 0.1) is 12.8 Å². The maximum absolute atomic E-state index is 12.3. The summed E-state index contributed by atoms with van der Waals surface area (Å²) >= 11 is 0. The topological polar surface area (TPSA) is 80.5 Å². The van der Waals surface area contributed by atoms with Crippen molar-refractivity contribution >= 4 is 11.9 Å². The Balaban J connectivity index is 1.29. The fourth-order valence-corrected chi connectivity index (χ4v) is 3.68. The fourth-order valence-electron chi connectivity index (χ4n) is 3.68. The average Bonchev–Trinajstić information content (AvgIpc) is 3.24. The molecule has 7 heteroatoms. The van der Waals surface area contributed by atoms with Crippen molar-refractivity contribution < 1.29 is 13.9 Å². The molecular weight excluding hydrogens is 320 g/mol. The summed E-state index contributed by atoms with van der Waals surface area (Å²) in [5, 5.41) is 3.27. The zero-order valence-electron chi connectivity index (χ0n) is 14.3. The second-order valence-corrected chi connectivity index (χ2v) is 6.84. The minimum absolute atomic E-state index is 0.0592. The number of furan rings is 1. The van der Waals surface area contributed by atoms with Gasteiger partial charge in [0, 0.05) is 25.5 Å². The van der Waals surface area contributed by atoms with E-state index in [-0.39, 0.29) is 11.5 Å². The lowest BCUT2D eigenvalue weighted by molar-refractivity contribution is -0.118. The Morgan fingerprint density at radius 1 is 1.40 bits per heavy atom. The van der Waals surface area contributed by atoms with E-state index < -0.39 is 0 Å². The number of carbonyl (C=O) groups excluding carboxylic acids is 1. The minimum Gasteiger partial charge on any atom is -0.459 e. The molecule has 4 heterocycles. The molecule has 2 aliphatic rings. The van der Waals surface area contributed by atoms with Gasteiger partial charge in [-0.25, -0.2) is 9.97 Å². The van der Waals surface area contributed by atoms with Gasteiger partial charge in [-0.3, -0.25) is 4.79 Å². The first-order chi connectivity index (χ1) is 12.2. The van der Waals surface area contributed by atoms with E-state index in [0.29, 0.717) is 30.7 Å². The molecule has 0 aromatic carbocycles. The molecule has 1 N–H and O–H groups in total. The van der Waals surface area contributed by atoms with Crippen molar-refractivity contribution in [2.24, 2.45) is 5.92 Å². The smallest absolute Gasteiger partial charge is 0.289 e. The number of carbonyl (C=O) groups is 1. The Labute approximate surface area is 146 Å². The number of aromatic nitrogens is 2. The summed E-state index contributed by atoms with van der Waals surface area (Å²) in [5.74, 6) is 1.42. The maximum atomic E-state index is 12.3. The number of likely N-dealkylation sites (tertiary alicyclic amines) is 1. The van der Waals surface area contributed by atoms with E-state index in [9.17, 15) is 4.79 Å². The van der Waals surface area contributed by atoms with E-state index in [0.717, 1.165) is 31.6 Å². The Morgan fingerprint density at radius 2 is 2.20 bits per heavy atom. The van der Waals surface area contributed by atoms with Crippen molar-refractivity contribution in [2.75, 3.05) is 31.6 Å². The van der Waals surface area contributed by atoms with Crippen LogP contribution in [0.15, 0.2) is 35.2 Å². The van der Waals surface area contributed by atoms with Crippen molar-refractivity contribution in [1.29, 1.82) is 0 Å². The van der Waals surface area contributed by atoms with Crippen LogP contribution in [0.3, 0.4) is 0 Å². The summed E-state index contributed by atoms with van der Waals surface area (Å²) in [6.45, 7) is 4.80. The van der Waals surface area contributed by atoms with Crippen LogP contribution in [-0.4, -0.2) is 52.6 Å². The van der Waals surface area contributed by atoms with Crippen molar-refractivity contribution in [2.45, 2.75) is 25.4 Å². The quantitative estimate of drug-likeness (QED) is 0.896. The van der Waals surface area contributed by atoms with Crippen LogP contribution in [-0.2, 0) is 4.74 Å². The van der Waals surface area contributed by atoms with Gasteiger partial charge in [0.2, 0.25) is 5.95 Å². The highest BCUT2D eigenvalue weighted by Crippen LogP contribution is 2.42. The highest BCUT2D eigenvalue weighted by atomic mass is 16.5. The SMILES string of the molecule is Cc1cnc(NCC[C@@H]2CCOC23CN(C(=O)c2ccco2)C3)nc1. The van der Waals surface area contributed by atoms with Gasteiger partial charge in [0.15, 0.2) is 5.76 Å². The molecule has 0 aliphatic carbocycles. The lowest BCUT2D eigenvalue weighted by Gasteiger charge is -2.50. The van der Waals surface area contributed by atoms with Gasteiger partial charge >= 0.3 is 0 Å². The minimum atomic E-state index is -0.196. The van der Waals surface area contributed by atoms with Gasteiger partial charge in [0.25, 0.3) is 5.91 Å². The molecule has 0 unspecified atom stereocenters. The Kier molecular flexibility index (Phi) is 4.17. The summed E-state index contributed by atoms with van der Waals surface area (Å²) in [7, 11) is 0. The molecule has 4 rings (SSSR count). The second-order valence-electron chi connectivity index (χ2n) is 6.84. The molecular formula is C18H22N4O3. The van der Waals surface area contributed by atoms with E-state index in [1.807, 2.05) is 6.92 Å². The highest BCUT2D eigenvalue weighted by molar-refractivity contribution is 5.92. The van der Waals surface area contributed by atoms with Crippen LogP contribution in [0.25, 0.3) is 0 Å². The molecule has 2 aromatic heterocycles. The van der Waals surface area contributed by atoms with Gasteiger partial charge in [0.1, 0.15) is 5.60 Å². The van der Waals surface area contributed by atoms with E-state index in [2.05, 4.69) is 15.3 Å². The van der Waals surface area contributed by atoms with E-state index >= 15 is 0 Å². The number of amides is 1. The fraction of sp³-hybridized carbons (Fsp3) is 0.500. The summed E-state index contributed by atoms with van der Waals surface area (Å²) in [6.07, 6.45) is 7.13. The number of nitrogens with zero attached hydrogens (tertiary/aromatic N) is 3. The van der Waals surface area contributed by atoms with Crippen molar-refractivity contribution in [3.63, 3.8) is 0 Å². The van der Waals surface area contributed by atoms with Crippen LogP contribution in [0.4, 0.5) is 5.95 Å². The molecule has 1 atom stereocenters. The summed E-state index contributed by atoms with van der Waals surface area (Å²) in [5.41, 5.74) is 0.849. The van der Waals surface area contributed by atoms with Gasteiger partial charge in [0.05, 0.1) is 19.4 Å². The lowest BCUT2D eigenvalue weighted by Crippen LogP contribution is -2.66. The number of rotatable bonds is 5. The lowest BCUT2D eigenvalue weighted by atomic mass is 9.79. The van der Waals surface area contributed by atoms with Gasteiger partial charge in [-0.15, -0.1) is 0 Å². The van der Waals surface area contributed by atoms with Crippen LogP contribution in [0.5, 0.6) is 0 Å². The summed E-state index contributed by atoms with van der Waals surface area (Å²) < 4.78 is 11.2. The second kappa shape index (κ2) is 6.48. The largest absolute Gasteiger partial charge is 0.459 e. The molecule has 0 bridgehead atoms. The van der Waals surface area contributed by atoms with Gasteiger partial charge in [-0.05, 0) is 43.4 Å². The standard InChI is InChI=1S/C18H22N4O3/c1-13-9-20-17(21-10-13)19-6-4-14-5-8-25-18(14)11-22(12-18)16(23)15-3-2-7-24-15/h2-3,7,9-10,14H,4-6,8,11-12H2,1H3,(H,19,20,21)/t14-/m1/s1. The zero-order chi connectivity index (χ0) is 17.3. The number of hydrogen-bond acceptors (Lipinski definition) is 6. The Bertz CT molecular complexity index is 723. The maximum Gasteiger partial charge on any atom is 0.289 e. The predicted molar refractivity (Wildman–Crippen MR) is 91.3 cm³/mol. The third kappa shape index (κ3) is 3.11. The zero-order valence-corrected chi connectivity index (χ0v) is 14.3. The van der Waals surface area contributed by atoms with E-state index in [1.165, 1.54) is 6.26 Å². The molecule has 0 saturated carbocycles. The molecule has 2 fully saturated rings. The molecule has 1 spiro atoms. The number of ether oxygens (including phenoxy) is 1. The summed E-state index contributed by atoms with van der Waals surface area (Å²) in [4.78, 5) is 22.6. The predicted octanol–water partition coefficient (Wildman–Crippen LogP) is 2.11. The molecule has 2 aliphatic heterocycles. The van der Waals surface area contributed by atoms with Crippen molar-refractivity contribution in [1.82, 2.24) is 14.9 Å². The molecule has 0 radical (unpaired) electrons. The first kappa shape index (κ1) is 16.1.